The Kier molecular flexibility index (Phi) is 6.75. The number of alkyl carbamates (subject to hydrolysis) is 1. The smallest absolute Gasteiger partial charge is 0.444 e. The van der Waals surface area contributed by atoms with Gasteiger partial charge in [0.25, 0.3) is 9.84 Å². The number of hydrogen-bond donors (Lipinski definition) is 2. The van der Waals surface area contributed by atoms with E-state index in [4.69, 9.17) is 4.74 Å². The minimum absolute atomic E-state index is 0.0230. The Bertz CT molecular complexity index is 909. The number of carbonyl (C=O) groups excluding carboxylic acids is 2. The molecule has 2 amide bonds. The van der Waals surface area contributed by atoms with Crippen molar-refractivity contribution in [1.82, 2.24) is 5.32 Å². The van der Waals surface area contributed by atoms with E-state index in [1.165, 1.54) is 6.07 Å². The highest BCUT2D eigenvalue weighted by molar-refractivity contribution is 7.92. The Morgan fingerprint density at radius 2 is 1.77 bits per heavy atom. The first-order valence-corrected chi connectivity index (χ1v) is 10.8. The number of anilines is 1. The molecule has 0 aliphatic heterocycles. The van der Waals surface area contributed by atoms with Crippen LogP contribution in [0.15, 0.2) is 29.2 Å². The second kappa shape index (κ2) is 8.44. The molecule has 0 heterocycles. The van der Waals surface area contributed by atoms with Crippen molar-refractivity contribution >= 4 is 27.5 Å². The second-order valence-electron chi connectivity index (χ2n) is 8.30. The molecule has 11 heteroatoms. The van der Waals surface area contributed by atoms with Gasteiger partial charge in [0.1, 0.15) is 5.60 Å². The van der Waals surface area contributed by atoms with Crippen LogP contribution in [0, 0.1) is 11.8 Å². The van der Waals surface area contributed by atoms with E-state index in [1.54, 1.807) is 20.8 Å². The molecule has 2 rings (SSSR count). The Morgan fingerprint density at radius 1 is 1.13 bits per heavy atom. The Labute approximate surface area is 173 Å². The molecule has 0 spiro atoms. The Balaban J connectivity index is 2.15. The molecule has 1 fully saturated rings. The minimum atomic E-state index is -5.53. The number of amides is 2. The molecule has 0 aromatic heterocycles. The quantitative estimate of drug-likeness (QED) is 0.725. The van der Waals surface area contributed by atoms with Gasteiger partial charge in [-0.05, 0) is 57.7 Å². The number of hydrogen-bond acceptors (Lipinski definition) is 5. The molecule has 0 unspecified atom stereocenters. The summed E-state index contributed by atoms with van der Waals surface area (Å²) < 4.78 is 66.7. The number of benzene rings is 1. The topological polar surface area (TPSA) is 102 Å². The largest absolute Gasteiger partial charge is 0.501 e. The zero-order valence-electron chi connectivity index (χ0n) is 17.0. The van der Waals surface area contributed by atoms with Crippen molar-refractivity contribution in [3.63, 3.8) is 0 Å². The van der Waals surface area contributed by atoms with Crippen molar-refractivity contribution in [2.45, 2.75) is 62.6 Å². The predicted molar refractivity (Wildman–Crippen MR) is 103 cm³/mol. The highest BCUT2D eigenvalue weighted by Crippen LogP contribution is 2.34. The van der Waals surface area contributed by atoms with Gasteiger partial charge < -0.3 is 15.4 Å². The van der Waals surface area contributed by atoms with E-state index >= 15 is 0 Å². The van der Waals surface area contributed by atoms with Crippen LogP contribution in [-0.4, -0.2) is 37.6 Å². The zero-order chi connectivity index (χ0) is 22.9. The van der Waals surface area contributed by atoms with Crippen LogP contribution in [0.2, 0.25) is 0 Å². The van der Waals surface area contributed by atoms with Gasteiger partial charge in [0, 0.05) is 11.7 Å². The summed E-state index contributed by atoms with van der Waals surface area (Å²) >= 11 is 0. The molecule has 1 aliphatic carbocycles. The monoisotopic (exact) mass is 450 g/mol. The first-order valence-electron chi connectivity index (χ1n) is 9.33. The highest BCUT2D eigenvalue weighted by Gasteiger charge is 2.47. The first kappa shape index (κ1) is 24.0. The lowest BCUT2D eigenvalue weighted by molar-refractivity contribution is -0.120. The van der Waals surface area contributed by atoms with Gasteiger partial charge in [-0.2, -0.15) is 13.2 Å². The van der Waals surface area contributed by atoms with Gasteiger partial charge in [0.05, 0.1) is 10.8 Å². The van der Waals surface area contributed by atoms with Crippen LogP contribution in [0.25, 0.3) is 0 Å². The fourth-order valence-corrected chi connectivity index (χ4v) is 4.10. The molecule has 0 bridgehead atoms. The van der Waals surface area contributed by atoms with Crippen molar-refractivity contribution < 1.29 is 35.9 Å². The maximum Gasteiger partial charge on any atom is 0.501 e. The summed E-state index contributed by atoms with van der Waals surface area (Å²) in [6.07, 6.45) is 0.437. The van der Waals surface area contributed by atoms with E-state index in [-0.39, 0.29) is 11.6 Å². The van der Waals surface area contributed by atoms with E-state index in [9.17, 15) is 31.2 Å². The molecule has 0 saturated heterocycles. The van der Waals surface area contributed by atoms with Gasteiger partial charge in [-0.25, -0.2) is 13.2 Å². The van der Waals surface area contributed by atoms with Crippen molar-refractivity contribution in [2.24, 2.45) is 11.8 Å². The lowest BCUT2D eigenvalue weighted by Crippen LogP contribution is -2.46. The number of alkyl halides is 3. The fourth-order valence-electron chi connectivity index (χ4n) is 3.29. The number of ether oxygens (including phenoxy) is 1. The van der Waals surface area contributed by atoms with Crippen LogP contribution in [0.5, 0.6) is 0 Å². The number of sulfone groups is 1. The van der Waals surface area contributed by atoms with Crippen LogP contribution in [-0.2, 0) is 19.4 Å². The summed E-state index contributed by atoms with van der Waals surface area (Å²) in [5.74, 6) is -1.19. The second-order valence-corrected chi connectivity index (χ2v) is 10.2. The molecule has 168 valence electrons. The fraction of sp³-hybridized carbons (Fsp3) is 0.579. The van der Waals surface area contributed by atoms with Crippen LogP contribution in [0.1, 0.15) is 40.5 Å². The summed E-state index contributed by atoms with van der Waals surface area (Å²) in [4.78, 5) is 23.9. The SMILES string of the molecule is C[C@@H]1CC[C@H](C(=O)Nc2cccc(S(=O)(=O)C(F)(F)F)c2)[C@@H]1NC(=O)OC(C)(C)C. The molecular weight excluding hydrogens is 425 g/mol. The molecule has 2 N–H and O–H groups in total. The van der Waals surface area contributed by atoms with Crippen molar-refractivity contribution in [3.8, 4) is 0 Å². The molecular formula is C19H25F3N2O5S. The summed E-state index contributed by atoms with van der Waals surface area (Å²) in [6, 6.07) is 3.45. The first-order chi connectivity index (χ1) is 13.6. The number of carbonyl (C=O) groups is 2. The summed E-state index contributed by atoms with van der Waals surface area (Å²) in [5.41, 5.74) is -6.24. The van der Waals surface area contributed by atoms with E-state index in [0.29, 0.717) is 12.8 Å². The Hall–Kier alpha value is -2.30. The van der Waals surface area contributed by atoms with Crippen LogP contribution < -0.4 is 10.6 Å². The van der Waals surface area contributed by atoms with E-state index in [1.807, 2.05) is 6.92 Å². The Morgan fingerprint density at radius 3 is 2.33 bits per heavy atom. The highest BCUT2D eigenvalue weighted by atomic mass is 32.2. The molecule has 1 aliphatic rings. The standard InChI is InChI=1S/C19H25F3N2O5S/c1-11-8-9-14(15(11)24-17(26)29-18(2,3)4)16(25)23-12-6-5-7-13(10-12)30(27,28)19(20,21)22/h5-7,10-11,14-15H,8-9H2,1-4H3,(H,23,25)(H,24,26)/t11-,14+,15-/m1/s1. The molecule has 1 saturated carbocycles. The predicted octanol–water partition coefficient (Wildman–Crippen LogP) is 3.86. The van der Waals surface area contributed by atoms with Crippen LogP contribution >= 0.6 is 0 Å². The van der Waals surface area contributed by atoms with Gasteiger partial charge >= 0.3 is 11.6 Å². The lowest BCUT2D eigenvalue weighted by Gasteiger charge is -2.26. The summed E-state index contributed by atoms with van der Waals surface area (Å²) in [6.45, 7) is 6.98. The maximum atomic E-state index is 12.8. The van der Waals surface area contributed by atoms with Gasteiger partial charge in [0.15, 0.2) is 0 Å². The molecule has 7 nitrogen and oxygen atoms in total. The van der Waals surface area contributed by atoms with Gasteiger partial charge in [-0.3, -0.25) is 4.79 Å². The minimum Gasteiger partial charge on any atom is -0.444 e. The van der Waals surface area contributed by atoms with Crippen molar-refractivity contribution in [3.05, 3.63) is 24.3 Å². The normalized spacial score (nSPS) is 22.4. The van der Waals surface area contributed by atoms with Gasteiger partial charge in [-0.1, -0.05) is 13.0 Å². The van der Waals surface area contributed by atoms with Crippen LogP contribution in [0.3, 0.4) is 0 Å². The van der Waals surface area contributed by atoms with E-state index < -0.39 is 49.8 Å². The number of rotatable bonds is 4. The van der Waals surface area contributed by atoms with E-state index in [2.05, 4.69) is 10.6 Å². The van der Waals surface area contributed by atoms with E-state index in [0.717, 1.165) is 18.2 Å². The summed E-state index contributed by atoms with van der Waals surface area (Å²) in [5, 5.41) is 5.15. The third-order valence-corrected chi connectivity index (χ3v) is 6.20. The zero-order valence-corrected chi connectivity index (χ0v) is 17.9. The third kappa shape index (κ3) is 5.65. The molecule has 1 aromatic rings. The lowest BCUT2D eigenvalue weighted by atomic mass is 9.98. The average Bonchev–Trinajstić information content (AvgIpc) is 2.93. The van der Waals surface area contributed by atoms with Crippen molar-refractivity contribution in [1.29, 1.82) is 0 Å². The summed E-state index contributed by atoms with van der Waals surface area (Å²) in [7, 11) is -5.53. The number of nitrogens with one attached hydrogen (secondary N) is 2. The number of halogens is 3. The molecule has 30 heavy (non-hydrogen) atoms. The molecule has 1 aromatic carbocycles. The van der Waals surface area contributed by atoms with Crippen LogP contribution in [0.4, 0.5) is 23.7 Å². The third-order valence-electron chi connectivity index (χ3n) is 4.72. The van der Waals surface area contributed by atoms with Gasteiger partial charge in [-0.15, -0.1) is 0 Å². The molecule has 3 atom stereocenters. The van der Waals surface area contributed by atoms with Gasteiger partial charge in [0.2, 0.25) is 5.91 Å². The maximum absolute atomic E-state index is 12.8. The molecule has 0 radical (unpaired) electrons. The average molecular weight is 450 g/mol. The van der Waals surface area contributed by atoms with Crippen molar-refractivity contribution in [2.75, 3.05) is 5.32 Å².